The first-order valence-corrected chi connectivity index (χ1v) is 7.36. The third-order valence-corrected chi connectivity index (χ3v) is 3.11. The molecule has 0 amide bonds. The number of unbranched alkanes of at least 4 members (excludes halogenated alkanes) is 1. The first kappa shape index (κ1) is 14.8. The van der Waals surface area contributed by atoms with Crippen molar-refractivity contribution in [3.63, 3.8) is 0 Å². The van der Waals surface area contributed by atoms with Crippen LogP contribution in [0.4, 0.5) is 0 Å². The van der Waals surface area contributed by atoms with Crippen molar-refractivity contribution in [1.29, 1.82) is 0 Å². The summed E-state index contributed by atoms with van der Waals surface area (Å²) in [5, 5.41) is 2.02. The molecule has 0 spiro atoms. The molecule has 0 N–H and O–H groups in total. The summed E-state index contributed by atoms with van der Waals surface area (Å²) in [7, 11) is 0. The molecule has 2 nitrogen and oxygen atoms in total. The van der Waals surface area contributed by atoms with Crippen LogP contribution in [-0.4, -0.2) is 18.3 Å². The Hall–Kier alpha value is -1.22. The zero-order valence-electron chi connectivity index (χ0n) is 10.8. The number of rotatable bonds is 8. The molecule has 0 fully saturated rings. The number of carbonyl (C=O) groups is 1. The topological polar surface area (TPSA) is 26.3 Å². The lowest BCUT2D eigenvalue weighted by Crippen LogP contribution is -2.06. The molecule has 0 unspecified atom stereocenters. The molecule has 0 aromatic heterocycles. The van der Waals surface area contributed by atoms with Crippen LogP contribution in [0.25, 0.3) is 6.08 Å². The Morgan fingerprint density at radius 3 is 2.83 bits per heavy atom. The van der Waals surface area contributed by atoms with E-state index in [0.717, 1.165) is 18.6 Å². The highest BCUT2D eigenvalue weighted by molar-refractivity contribution is 8.02. The Bertz CT molecular complexity index is 360. The Balaban J connectivity index is 2.08. The quantitative estimate of drug-likeness (QED) is 0.522. The number of ether oxygens (including phenoxy) is 1. The monoisotopic (exact) mass is 264 g/mol. The molecule has 0 aliphatic heterocycles. The van der Waals surface area contributed by atoms with Crippen molar-refractivity contribution < 1.29 is 9.53 Å². The molecule has 1 rings (SSSR count). The molecule has 0 bridgehead atoms. The zero-order chi connectivity index (χ0) is 13.1. The van der Waals surface area contributed by atoms with E-state index < -0.39 is 0 Å². The van der Waals surface area contributed by atoms with Crippen LogP contribution in [0.3, 0.4) is 0 Å². The van der Waals surface area contributed by atoms with E-state index in [-0.39, 0.29) is 5.97 Å². The Kier molecular flexibility index (Phi) is 8.06. The summed E-state index contributed by atoms with van der Waals surface area (Å²) in [6, 6.07) is 10.1. The number of hydrogen-bond acceptors (Lipinski definition) is 3. The molecule has 0 atom stereocenters. The highest BCUT2D eigenvalue weighted by atomic mass is 32.2. The van der Waals surface area contributed by atoms with Crippen molar-refractivity contribution in [2.24, 2.45) is 0 Å². The van der Waals surface area contributed by atoms with E-state index in [2.05, 4.69) is 19.1 Å². The van der Waals surface area contributed by atoms with Gasteiger partial charge in [-0.1, -0.05) is 43.7 Å². The fraction of sp³-hybridized carbons (Fsp3) is 0.400. The number of carbonyl (C=O) groups excluding carboxylic acids is 1. The molecule has 0 saturated carbocycles. The van der Waals surface area contributed by atoms with E-state index in [9.17, 15) is 4.79 Å². The Morgan fingerprint density at radius 2 is 2.11 bits per heavy atom. The molecule has 0 aliphatic rings. The van der Waals surface area contributed by atoms with Crippen LogP contribution in [0.1, 0.15) is 31.7 Å². The average molecular weight is 264 g/mol. The zero-order valence-corrected chi connectivity index (χ0v) is 11.6. The lowest BCUT2D eigenvalue weighted by Gasteiger charge is -2.02. The van der Waals surface area contributed by atoms with Gasteiger partial charge in [0, 0.05) is 5.75 Å². The smallest absolute Gasteiger partial charge is 0.306 e. The van der Waals surface area contributed by atoms with E-state index >= 15 is 0 Å². The molecule has 0 heterocycles. The van der Waals surface area contributed by atoms with Crippen molar-refractivity contribution >= 4 is 23.8 Å². The van der Waals surface area contributed by atoms with Crippen LogP contribution in [0.5, 0.6) is 0 Å². The van der Waals surface area contributed by atoms with Crippen molar-refractivity contribution in [1.82, 2.24) is 0 Å². The summed E-state index contributed by atoms with van der Waals surface area (Å²) in [6.45, 7) is 2.64. The minimum atomic E-state index is -0.0935. The van der Waals surface area contributed by atoms with Gasteiger partial charge in [0.15, 0.2) is 0 Å². The van der Waals surface area contributed by atoms with Gasteiger partial charge < -0.3 is 4.74 Å². The summed E-state index contributed by atoms with van der Waals surface area (Å²) in [6.07, 6.45) is 4.54. The summed E-state index contributed by atoms with van der Waals surface area (Å²) in [5.74, 6) is 0.679. The highest BCUT2D eigenvalue weighted by Crippen LogP contribution is 2.09. The second kappa shape index (κ2) is 9.77. The van der Waals surface area contributed by atoms with Gasteiger partial charge in [-0.05, 0) is 23.5 Å². The van der Waals surface area contributed by atoms with E-state index in [1.54, 1.807) is 11.8 Å². The summed E-state index contributed by atoms with van der Waals surface area (Å²) in [4.78, 5) is 11.3. The van der Waals surface area contributed by atoms with E-state index in [1.165, 1.54) is 5.56 Å². The van der Waals surface area contributed by atoms with Crippen LogP contribution >= 0.6 is 11.8 Å². The maximum atomic E-state index is 11.3. The van der Waals surface area contributed by atoms with Crippen molar-refractivity contribution in [2.75, 3.05) is 12.4 Å². The molecule has 3 heteroatoms. The minimum Gasteiger partial charge on any atom is -0.466 e. The maximum Gasteiger partial charge on any atom is 0.306 e. The molecule has 98 valence electrons. The second-order valence-corrected chi connectivity index (χ2v) is 4.92. The van der Waals surface area contributed by atoms with Gasteiger partial charge in [0.1, 0.15) is 0 Å². The number of esters is 1. The Morgan fingerprint density at radius 1 is 1.33 bits per heavy atom. The molecule has 1 aromatic carbocycles. The first-order chi connectivity index (χ1) is 8.83. The van der Waals surface area contributed by atoms with Gasteiger partial charge in [-0.3, -0.25) is 4.79 Å². The van der Waals surface area contributed by atoms with Gasteiger partial charge in [-0.15, -0.1) is 11.8 Å². The molecule has 0 radical (unpaired) electrons. The van der Waals surface area contributed by atoms with Gasteiger partial charge >= 0.3 is 5.97 Å². The maximum absolute atomic E-state index is 11.3. The van der Waals surface area contributed by atoms with E-state index in [4.69, 9.17) is 4.74 Å². The predicted octanol–water partition coefficient (Wildman–Crippen LogP) is 4.12. The molecule has 0 aliphatic carbocycles. The minimum absolute atomic E-state index is 0.0935. The third kappa shape index (κ3) is 7.17. The van der Waals surface area contributed by atoms with Crippen LogP contribution in [0, 0.1) is 0 Å². The molecular formula is C15H20O2S. The predicted molar refractivity (Wildman–Crippen MR) is 78.4 cm³/mol. The van der Waals surface area contributed by atoms with Gasteiger partial charge in [-0.25, -0.2) is 0 Å². The molecule has 18 heavy (non-hydrogen) atoms. The normalized spacial score (nSPS) is 10.7. The summed E-state index contributed by atoms with van der Waals surface area (Å²) in [5.41, 5.74) is 1.18. The van der Waals surface area contributed by atoms with E-state index in [1.807, 2.05) is 29.7 Å². The SMILES string of the molecule is CCCCOC(=O)CCSC=Cc1ccccc1. The fourth-order valence-corrected chi connectivity index (χ4v) is 1.98. The second-order valence-electron chi connectivity index (χ2n) is 3.91. The molecule has 1 aromatic rings. The first-order valence-electron chi connectivity index (χ1n) is 6.31. The van der Waals surface area contributed by atoms with Crippen LogP contribution in [0.15, 0.2) is 35.7 Å². The highest BCUT2D eigenvalue weighted by Gasteiger charge is 2.00. The number of hydrogen-bond donors (Lipinski definition) is 0. The Labute approximate surface area is 113 Å². The van der Waals surface area contributed by atoms with Crippen molar-refractivity contribution in [3.8, 4) is 0 Å². The average Bonchev–Trinajstić information content (AvgIpc) is 2.40. The number of benzene rings is 1. The van der Waals surface area contributed by atoms with Crippen LogP contribution in [0.2, 0.25) is 0 Å². The standard InChI is InChI=1S/C15H20O2S/c1-2-3-11-17-15(16)10-13-18-12-9-14-7-5-4-6-8-14/h4-9,12H,2-3,10-11,13H2,1H3. The van der Waals surface area contributed by atoms with Crippen molar-refractivity contribution in [3.05, 3.63) is 41.3 Å². The van der Waals surface area contributed by atoms with Gasteiger partial charge in [0.05, 0.1) is 13.0 Å². The van der Waals surface area contributed by atoms with Gasteiger partial charge in [-0.2, -0.15) is 0 Å². The van der Waals surface area contributed by atoms with Gasteiger partial charge in [0.25, 0.3) is 0 Å². The lowest BCUT2D eigenvalue weighted by atomic mass is 10.2. The van der Waals surface area contributed by atoms with Gasteiger partial charge in [0.2, 0.25) is 0 Å². The van der Waals surface area contributed by atoms with E-state index in [0.29, 0.717) is 13.0 Å². The third-order valence-electron chi connectivity index (χ3n) is 2.34. The number of thioether (sulfide) groups is 1. The largest absolute Gasteiger partial charge is 0.466 e. The summed E-state index contributed by atoms with van der Waals surface area (Å²) < 4.78 is 5.07. The van der Waals surface area contributed by atoms with Crippen LogP contribution < -0.4 is 0 Å². The summed E-state index contributed by atoms with van der Waals surface area (Å²) >= 11 is 1.63. The van der Waals surface area contributed by atoms with Crippen LogP contribution in [-0.2, 0) is 9.53 Å². The molecular weight excluding hydrogens is 244 g/mol. The molecule has 0 saturated heterocycles. The fourth-order valence-electron chi connectivity index (χ4n) is 1.30. The van der Waals surface area contributed by atoms with Crippen molar-refractivity contribution in [2.45, 2.75) is 26.2 Å². The lowest BCUT2D eigenvalue weighted by molar-refractivity contribution is -0.143.